The molecular formula is C3Br2F6O. The van der Waals surface area contributed by atoms with Crippen LogP contribution in [-0.4, -0.2) is 16.0 Å². The van der Waals surface area contributed by atoms with Crippen LogP contribution in [0.25, 0.3) is 0 Å². The molecule has 0 unspecified atom stereocenters. The van der Waals surface area contributed by atoms with Crippen molar-refractivity contribution in [2.75, 3.05) is 0 Å². The van der Waals surface area contributed by atoms with Gasteiger partial charge in [0.05, 0.1) is 0 Å². The first-order valence-corrected chi connectivity index (χ1v) is 3.76. The van der Waals surface area contributed by atoms with E-state index >= 15 is 0 Å². The quantitative estimate of drug-likeness (QED) is 0.557. The number of hydrogen-bond donors (Lipinski definition) is 0. The van der Waals surface area contributed by atoms with Crippen molar-refractivity contribution in [2.45, 2.75) is 16.0 Å². The van der Waals surface area contributed by atoms with E-state index in [1.54, 1.807) is 0 Å². The lowest BCUT2D eigenvalue weighted by molar-refractivity contribution is -0.386. The van der Waals surface area contributed by atoms with Crippen LogP contribution in [0.4, 0.5) is 26.3 Å². The highest BCUT2D eigenvalue weighted by Gasteiger charge is 2.58. The molecule has 0 heterocycles. The Morgan fingerprint density at radius 2 is 1.17 bits per heavy atom. The molecule has 1 nitrogen and oxygen atoms in total. The molecule has 0 saturated carbocycles. The van der Waals surface area contributed by atoms with E-state index in [1.807, 2.05) is 0 Å². The third kappa shape index (κ3) is 3.94. The monoisotopic (exact) mass is 324 g/mol. The highest BCUT2D eigenvalue weighted by atomic mass is 79.9. The van der Waals surface area contributed by atoms with Crippen LogP contribution in [0.15, 0.2) is 0 Å². The van der Waals surface area contributed by atoms with E-state index in [1.165, 1.54) is 31.9 Å². The maximum absolute atomic E-state index is 12.3. The molecule has 0 bridgehead atoms. The molecule has 0 fully saturated rings. The van der Waals surface area contributed by atoms with Gasteiger partial charge in [0.1, 0.15) is 0 Å². The normalized spacial score (nSPS) is 19.0. The highest BCUT2D eigenvalue weighted by Crippen LogP contribution is 2.46. The van der Waals surface area contributed by atoms with Crippen LogP contribution in [0.1, 0.15) is 0 Å². The molecule has 0 rings (SSSR count). The summed E-state index contributed by atoms with van der Waals surface area (Å²) >= 11 is 2.80. The van der Waals surface area contributed by atoms with Gasteiger partial charge in [0.15, 0.2) is 0 Å². The minimum Gasteiger partial charge on any atom is -0.238 e. The summed E-state index contributed by atoms with van der Waals surface area (Å²) in [7, 11) is 0. The SMILES string of the molecule is FC(F)(F)O[C@](F)(Br)C(F)(F)Br. The van der Waals surface area contributed by atoms with Crippen molar-refractivity contribution in [3.05, 3.63) is 0 Å². The predicted octanol–water partition coefficient (Wildman–Crippen LogP) is 3.53. The van der Waals surface area contributed by atoms with Crippen LogP contribution in [0.3, 0.4) is 0 Å². The van der Waals surface area contributed by atoms with E-state index in [9.17, 15) is 26.3 Å². The van der Waals surface area contributed by atoms with Crippen LogP contribution in [0, 0.1) is 0 Å². The van der Waals surface area contributed by atoms with Gasteiger partial charge in [-0.3, -0.25) is 0 Å². The highest BCUT2D eigenvalue weighted by molar-refractivity contribution is 9.12. The average molecular weight is 326 g/mol. The Morgan fingerprint density at radius 1 is 0.833 bits per heavy atom. The molecule has 0 N–H and O–H groups in total. The van der Waals surface area contributed by atoms with Crippen LogP contribution < -0.4 is 0 Å². The Kier molecular flexibility index (Phi) is 3.47. The van der Waals surface area contributed by atoms with Crippen molar-refractivity contribution in [3.8, 4) is 0 Å². The Labute approximate surface area is 79.3 Å². The molecule has 0 aromatic carbocycles. The van der Waals surface area contributed by atoms with Gasteiger partial charge in [-0.15, -0.1) is 13.2 Å². The van der Waals surface area contributed by atoms with Gasteiger partial charge in [0.25, 0.3) is 0 Å². The maximum atomic E-state index is 12.3. The van der Waals surface area contributed by atoms with Crippen LogP contribution >= 0.6 is 31.9 Å². The largest absolute Gasteiger partial charge is 0.526 e. The van der Waals surface area contributed by atoms with Gasteiger partial charge in [0, 0.05) is 0 Å². The molecule has 0 aromatic rings. The lowest BCUT2D eigenvalue weighted by Gasteiger charge is -2.24. The Morgan fingerprint density at radius 3 is 1.25 bits per heavy atom. The summed E-state index contributed by atoms with van der Waals surface area (Å²) in [6.45, 7) is 0. The summed E-state index contributed by atoms with van der Waals surface area (Å²) in [6, 6.07) is 0. The van der Waals surface area contributed by atoms with Crippen LogP contribution in [-0.2, 0) is 4.74 Å². The van der Waals surface area contributed by atoms with E-state index in [4.69, 9.17) is 0 Å². The van der Waals surface area contributed by atoms with Gasteiger partial charge < -0.3 is 0 Å². The van der Waals surface area contributed by atoms with E-state index in [-0.39, 0.29) is 0 Å². The van der Waals surface area contributed by atoms with Crippen molar-refractivity contribution in [1.82, 2.24) is 0 Å². The average Bonchev–Trinajstić information content (AvgIpc) is 1.52. The Hall–Kier alpha value is 0.500. The molecule has 1 atom stereocenters. The van der Waals surface area contributed by atoms with Crippen molar-refractivity contribution in [1.29, 1.82) is 0 Å². The first-order valence-electron chi connectivity index (χ1n) is 2.17. The van der Waals surface area contributed by atoms with Crippen molar-refractivity contribution in [2.24, 2.45) is 0 Å². The van der Waals surface area contributed by atoms with Crippen molar-refractivity contribution >= 4 is 31.9 Å². The predicted molar refractivity (Wildman–Crippen MR) is 33.8 cm³/mol. The summed E-state index contributed by atoms with van der Waals surface area (Å²) in [5.41, 5.74) is 0. The molecule has 12 heavy (non-hydrogen) atoms. The molecule has 0 aliphatic rings. The second-order valence-corrected chi connectivity index (χ2v) is 3.58. The maximum Gasteiger partial charge on any atom is 0.526 e. The summed E-state index contributed by atoms with van der Waals surface area (Å²) < 4.78 is 67.9. The molecular weight excluding hydrogens is 326 g/mol. The minimum absolute atomic E-state index is 1.37. The number of rotatable bonds is 2. The van der Waals surface area contributed by atoms with Gasteiger partial charge in [-0.1, -0.05) is 0 Å². The second kappa shape index (κ2) is 3.33. The molecule has 9 heteroatoms. The smallest absolute Gasteiger partial charge is 0.238 e. The fraction of sp³-hybridized carbons (Fsp3) is 1.00. The first kappa shape index (κ1) is 12.5. The van der Waals surface area contributed by atoms with E-state index in [0.717, 1.165) is 0 Å². The summed E-state index contributed by atoms with van der Waals surface area (Å²) in [6.07, 6.45) is -5.49. The van der Waals surface area contributed by atoms with Gasteiger partial charge in [-0.25, -0.2) is 4.74 Å². The van der Waals surface area contributed by atoms with Crippen LogP contribution in [0.5, 0.6) is 0 Å². The second-order valence-electron chi connectivity index (χ2n) is 1.56. The van der Waals surface area contributed by atoms with E-state index in [0.29, 0.717) is 0 Å². The Balaban J connectivity index is 4.44. The first-order chi connectivity index (χ1) is 4.96. The van der Waals surface area contributed by atoms with E-state index in [2.05, 4.69) is 4.74 Å². The molecule has 0 saturated heterocycles. The zero-order chi connectivity index (χ0) is 10.2. The number of halogens is 8. The lowest BCUT2D eigenvalue weighted by atomic mass is 10.7. The van der Waals surface area contributed by atoms with Gasteiger partial charge in [0.2, 0.25) is 0 Å². The number of alkyl halides is 8. The topological polar surface area (TPSA) is 9.23 Å². The summed E-state index contributed by atoms with van der Waals surface area (Å²) in [4.78, 5) is -4.48. The number of hydrogen-bond acceptors (Lipinski definition) is 1. The molecule has 0 radical (unpaired) electrons. The zero-order valence-corrected chi connectivity index (χ0v) is 8.10. The standard InChI is InChI=1S/C3Br2F6O/c4-1(6,7)2(5,8)12-3(9,10)11/t2-/m0/s1. The van der Waals surface area contributed by atoms with Gasteiger partial charge in [-0.2, -0.15) is 13.2 Å². The molecule has 0 spiro atoms. The number of ether oxygens (including phenoxy) is 1. The molecule has 0 amide bonds. The van der Waals surface area contributed by atoms with Crippen molar-refractivity contribution in [3.63, 3.8) is 0 Å². The fourth-order valence-corrected chi connectivity index (χ4v) is 0.468. The Bertz CT molecular complexity index is 159. The molecule has 74 valence electrons. The zero-order valence-electron chi connectivity index (χ0n) is 4.93. The minimum atomic E-state index is -5.49. The van der Waals surface area contributed by atoms with Crippen molar-refractivity contribution < 1.29 is 31.1 Å². The summed E-state index contributed by atoms with van der Waals surface area (Å²) in [5, 5.41) is 0. The third-order valence-corrected chi connectivity index (χ3v) is 2.28. The fourth-order valence-electron chi connectivity index (χ4n) is 0.203. The van der Waals surface area contributed by atoms with E-state index < -0.39 is 16.0 Å². The molecule has 0 aliphatic carbocycles. The lowest BCUT2D eigenvalue weighted by Crippen LogP contribution is -2.40. The van der Waals surface area contributed by atoms with Gasteiger partial charge >= 0.3 is 16.0 Å². The van der Waals surface area contributed by atoms with Crippen LogP contribution in [0.2, 0.25) is 0 Å². The van der Waals surface area contributed by atoms with Gasteiger partial charge in [-0.05, 0) is 31.9 Å². The summed E-state index contributed by atoms with van der Waals surface area (Å²) in [5.74, 6) is 0. The third-order valence-electron chi connectivity index (χ3n) is 0.574. The molecule has 0 aliphatic heterocycles. The molecule has 0 aromatic heterocycles.